The third-order valence-electron chi connectivity index (χ3n) is 5.98. The van der Waals surface area contributed by atoms with Crippen LogP contribution in [0.5, 0.6) is 0 Å². The minimum Gasteiger partial charge on any atom is -0.390 e. The van der Waals surface area contributed by atoms with Gasteiger partial charge in [-0.15, -0.1) is 0 Å². The van der Waals surface area contributed by atoms with Gasteiger partial charge in [0.05, 0.1) is 24.4 Å². The van der Waals surface area contributed by atoms with Gasteiger partial charge in [0.25, 0.3) is 0 Å². The molecule has 1 fully saturated rings. The van der Waals surface area contributed by atoms with Crippen molar-refractivity contribution < 1.29 is 22.8 Å². The lowest BCUT2D eigenvalue weighted by Gasteiger charge is -2.21. The van der Waals surface area contributed by atoms with Gasteiger partial charge in [0.2, 0.25) is 0 Å². The van der Waals surface area contributed by atoms with Crippen molar-refractivity contribution >= 4 is 39.4 Å². The molecule has 5 N–H and O–H groups in total. The molecule has 1 heterocycles. The molecule has 0 bridgehead atoms. The Bertz CT molecular complexity index is 1340. The predicted octanol–water partition coefficient (Wildman–Crippen LogP) is 1.77. The molecular formula is C23H27N5O5S. The minimum atomic E-state index is -4.15. The molecule has 1 saturated carbocycles. The van der Waals surface area contributed by atoms with Gasteiger partial charge in [-0.05, 0) is 43.0 Å². The van der Waals surface area contributed by atoms with Crippen molar-refractivity contribution in [1.82, 2.24) is 15.1 Å². The van der Waals surface area contributed by atoms with Gasteiger partial charge >= 0.3 is 10.3 Å². The summed E-state index contributed by atoms with van der Waals surface area (Å²) in [6.07, 6.45) is -0.316. The zero-order valence-electron chi connectivity index (χ0n) is 18.6. The summed E-state index contributed by atoms with van der Waals surface area (Å²) in [7, 11) is -4.15. The van der Waals surface area contributed by atoms with Crippen molar-refractivity contribution in [3.05, 3.63) is 54.6 Å². The highest BCUT2D eigenvalue weighted by Gasteiger charge is 2.42. The fourth-order valence-electron chi connectivity index (χ4n) is 4.22. The predicted molar refractivity (Wildman–Crippen MR) is 130 cm³/mol. The summed E-state index contributed by atoms with van der Waals surface area (Å²) in [5.41, 5.74) is 1.61. The van der Waals surface area contributed by atoms with Crippen LogP contribution >= 0.6 is 0 Å². The minimum absolute atomic E-state index is 0.255. The molecule has 1 aromatic heterocycles. The maximum absolute atomic E-state index is 11.1. The number of hydrogen-bond donors (Lipinski definition) is 4. The molecule has 1 aliphatic rings. The molecule has 0 radical (unpaired) electrons. The van der Waals surface area contributed by atoms with Crippen molar-refractivity contribution in [3.63, 3.8) is 0 Å². The van der Waals surface area contributed by atoms with Gasteiger partial charge in [-0.2, -0.15) is 18.2 Å². The van der Waals surface area contributed by atoms with E-state index in [1.807, 2.05) is 48.5 Å². The third kappa shape index (κ3) is 5.03. The fourth-order valence-corrected chi connectivity index (χ4v) is 4.59. The van der Waals surface area contributed by atoms with E-state index in [0.717, 1.165) is 16.3 Å². The van der Waals surface area contributed by atoms with Gasteiger partial charge in [0.15, 0.2) is 5.82 Å². The Morgan fingerprint density at radius 1 is 1.26 bits per heavy atom. The lowest BCUT2D eigenvalue weighted by molar-refractivity contribution is 0.00412. The number of aromatic nitrogens is 2. The lowest BCUT2D eigenvalue weighted by Crippen LogP contribution is -2.40. The fraction of sp³-hybridized carbons (Fsp3) is 0.304. The second-order valence-electron chi connectivity index (χ2n) is 8.20. The van der Waals surface area contributed by atoms with E-state index >= 15 is 0 Å². The Hall–Kier alpha value is -3.09. The summed E-state index contributed by atoms with van der Waals surface area (Å²) in [6.45, 7) is 5.11. The number of aliphatic imine (C=N–C) groups is 1. The second kappa shape index (κ2) is 9.65. The Kier molecular flexibility index (Phi) is 6.82. The molecular weight excluding hydrogens is 458 g/mol. The van der Waals surface area contributed by atoms with Crippen LogP contribution in [0.3, 0.4) is 0 Å². The Balaban J connectivity index is 1.57. The zero-order chi connectivity index (χ0) is 24.5. The third-order valence-corrected chi connectivity index (χ3v) is 6.45. The van der Waals surface area contributed by atoms with Gasteiger partial charge in [-0.1, -0.05) is 36.4 Å². The van der Waals surface area contributed by atoms with E-state index in [-0.39, 0.29) is 13.0 Å². The van der Waals surface area contributed by atoms with Crippen LogP contribution in [-0.2, 0) is 14.5 Å². The van der Waals surface area contributed by atoms with E-state index in [2.05, 4.69) is 21.2 Å². The summed E-state index contributed by atoms with van der Waals surface area (Å²) in [5, 5.41) is 35.8. The number of hydrogen-bond acceptors (Lipinski definition) is 8. The van der Waals surface area contributed by atoms with Crippen LogP contribution in [0.2, 0.25) is 0 Å². The van der Waals surface area contributed by atoms with Crippen molar-refractivity contribution in [1.29, 1.82) is 0 Å². The summed E-state index contributed by atoms with van der Waals surface area (Å²) in [4.78, 5) is 4.08. The summed E-state index contributed by atoms with van der Waals surface area (Å²) in [5.74, 6) is 0.399. The number of rotatable bonds is 8. The van der Waals surface area contributed by atoms with E-state index < -0.39 is 34.5 Å². The number of benzene rings is 2. The van der Waals surface area contributed by atoms with Crippen LogP contribution in [-0.4, -0.2) is 60.0 Å². The van der Waals surface area contributed by atoms with Crippen molar-refractivity contribution in [2.75, 3.05) is 6.61 Å². The average molecular weight is 486 g/mol. The monoisotopic (exact) mass is 485 g/mol. The Morgan fingerprint density at radius 2 is 2.00 bits per heavy atom. The van der Waals surface area contributed by atoms with Gasteiger partial charge < -0.3 is 15.5 Å². The first kappa shape index (κ1) is 24.0. The molecule has 0 aliphatic heterocycles. The largest absolute Gasteiger partial charge is 0.390 e. The number of nitrogens with two attached hydrogens (primary N) is 1. The first-order chi connectivity index (χ1) is 16.2. The van der Waals surface area contributed by atoms with E-state index in [4.69, 9.17) is 10.2 Å². The van der Waals surface area contributed by atoms with Crippen LogP contribution in [0, 0.1) is 5.92 Å². The van der Waals surface area contributed by atoms with Gasteiger partial charge in [0, 0.05) is 17.5 Å². The summed E-state index contributed by atoms with van der Waals surface area (Å²) >= 11 is 0. The number of allylic oxidation sites excluding steroid dienone is 1. The van der Waals surface area contributed by atoms with E-state index in [1.54, 1.807) is 17.7 Å². The van der Waals surface area contributed by atoms with E-state index in [9.17, 15) is 18.6 Å². The molecule has 0 amide bonds. The van der Waals surface area contributed by atoms with Crippen LogP contribution in [0.25, 0.3) is 27.9 Å². The molecule has 10 nitrogen and oxygen atoms in total. The highest BCUT2D eigenvalue weighted by molar-refractivity contribution is 7.84. The maximum atomic E-state index is 11.1. The zero-order valence-corrected chi connectivity index (χ0v) is 19.4. The van der Waals surface area contributed by atoms with Gasteiger partial charge in [-0.25, -0.2) is 10.1 Å². The van der Waals surface area contributed by atoms with E-state index in [0.29, 0.717) is 17.3 Å². The molecule has 2 aromatic carbocycles. The van der Waals surface area contributed by atoms with E-state index in [1.165, 1.54) is 0 Å². The molecule has 1 aliphatic carbocycles. The van der Waals surface area contributed by atoms with Crippen LogP contribution in [0.15, 0.2) is 59.6 Å². The smallest absolute Gasteiger partial charge is 0.333 e. The van der Waals surface area contributed by atoms with Crippen LogP contribution in [0.4, 0.5) is 5.82 Å². The SMILES string of the molecule is C=Nc1cc(-c2ccc3ccccc3c2)nn1/C(=C\C)N[C@@H]1C[C@H](COS(N)(=O)=O)[C@@H](O)[C@H]1O. The molecule has 0 spiro atoms. The quantitative estimate of drug-likeness (QED) is 0.355. The normalized spacial score (nSPS) is 23.4. The highest BCUT2D eigenvalue weighted by Crippen LogP contribution is 2.31. The Labute approximate surface area is 197 Å². The van der Waals surface area contributed by atoms with Gasteiger partial charge in [-0.3, -0.25) is 4.18 Å². The molecule has 4 rings (SSSR count). The standard InChI is InChI=1S/C23H27N5O5S/c1-3-20(26-19-11-17(22(29)23(19)30)13-33-34(24,31)32)28-21(25-2)12-18(27-28)16-9-8-14-6-4-5-7-15(14)10-16/h3-10,12,17,19,22-23,26,29-30H,2,11,13H2,1H3,(H2,24,31,32)/b20-3-/t17-,19-,22-,23+/m1/s1. The van der Waals surface area contributed by atoms with Crippen molar-refractivity contribution in [3.8, 4) is 11.3 Å². The number of nitrogens with one attached hydrogen (secondary N) is 1. The molecule has 0 saturated heterocycles. The first-order valence-electron chi connectivity index (χ1n) is 10.7. The summed E-state index contributed by atoms with van der Waals surface area (Å²) < 4.78 is 28.4. The summed E-state index contributed by atoms with van der Waals surface area (Å²) in [6, 6.07) is 15.3. The number of aliphatic hydroxyl groups is 2. The molecule has 3 aromatic rings. The second-order valence-corrected chi connectivity index (χ2v) is 9.42. The number of nitrogens with zero attached hydrogens (tertiary/aromatic N) is 3. The van der Waals surface area contributed by atoms with Crippen LogP contribution < -0.4 is 10.5 Å². The first-order valence-corrected chi connectivity index (χ1v) is 12.2. The average Bonchev–Trinajstić information content (AvgIpc) is 3.37. The molecule has 180 valence electrons. The topological polar surface area (TPSA) is 152 Å². The lowest BCUT2D eigenvalue weighted by atomic mass is 10.1. The van der Waals surface area contributed by atoms with Crippen LogP contribution in [0.1, 0.15) is 13.3 Å². The van der Waals surface area contributed by atoms with Crippen molar-refractivity contribution in [2.45, 2.75) is 31.6 Å². The molecule has 4 atom stereocenters. The Morgan fingerprint density at radius 3 is 2.68 bits per heavy atom. The highest BCUT2D eigenvalue weighted by atomic mass is 32.2. The molecule has 0 unspecified atom stereocenters. The number of fused-ring (bicyclic) bond motifs is 1. The van der Waals surface area contributed by atoms with Gasteiger partial charge in [0.1, 0.15) is 11.9 Å². The molecule has 34 heavy (non-hydrogen) atoms. The maximum Gasteiger partial charge on any atom is 0.333 e. The molecule has 11 heteroatoms. The van der Waals surface area contributed by atoms with Crippen molar-refractivity contribution in [2.24, 2.45) is 16.0 Å². The number of aliphatic hydroxyl groups excluding tert-OH is 2.